The Hall–Kier alpha value is -0.230. The summed E-state index contributed by atoms with van der Waals surface area (Å²) in [5, 5.41) is 9.90. The highest BCUT2D eigenvalue weighted by Gasteiger charge is 2.11. The smallest absolute Gasteiger partial charge is 0.130 e. The van der Waals surface area contributed by atoms with Crippen molar-refractivity contribution in [1.82, 2.24) is 0 Å². The second-order valence-corrected chi connectivity index (χ2v) is 6.47. The van der Waals surface area contributed by atoms with E-state index in [2.05, 4.69) is 0 Å². The van der Waals surface area contributed by atoms with Crippen LogP contribution in [-0.2, 0) is 0 Å². The fourth-order valence-corrected chi connectivity index (χ4v) is 3.32. The molecule has 0 bridgehead atoms. The molecule has 1 N–H and O–H groups in total. The average molecular weight is 274 g/mol. The van der Waals surface area contributed by atoms with Crippen LogP contribution < -0.4 is 4.74 Å². The zero-order chi connectivity index (χ0) is 12.0. The summed E-state index contributed by atoms with van der Waals surface area (Å²) in [7, 11) is 1.62. The molecule has 0 amide bonds. The fraction of sp³-hybridized carbons (Fsp3) is 0.364. The molecule has 2 nitrogen and oxygen atoms in total. The quantitative estimate of drug-likeness (QED) is 0.671. The Labute approximate surface area is 110 Å². The van der Waals surface area contributed by atoms with Gasteiger partial charge in [0.05, 0.1) is 7.11 Å². The van der Waals surface area contributed by atoms with Crippen LogP contribution in [0.15, 0.2) is 24.3 Å². The molecule has 5 heteroatoms. The van der Waals surface area contributed by atoms with Gasteiger partial charge < -0.3 is 9.84 Å². The largest absolute Gasteiger partial charge is 0.497 e. The summed E-state index contributed by atoms with van der Waals surface area (Å²) in [6, 6.07) is 7.34. The third kappa shape index (κ3) is 4.33. The third-order valence-corrected chi connectivity index (χ3v) is 4.37. The molecule has 0 heterocycles. The van der Waals surface area contributed by atoms with Crippen LogP contribution in [0.5, 0.6) is 5.75 Å². The molecule has 16 heavy (non-hydrogen) atoms. The van der Waals surface area contributed by atoms with Gasteiger partial charge in [0, 0.05) is 0 Å². The number of thioether (sulfide) groups is 2. The van der Waals surface area contributed by atoms with Crippen molar-refractivity contribution in [3.05, 3.63) is 29.8 Å². The molecule has 0 saturated heterocycles. The predicted octanol–water partition coefficient (Wildman–Crippen LogP) is 3.46. The van der Waals surface area contributed by atoms with Gasteiger partial charge in [-0.2, -0.15) is 0 Å². The van der Waals surface area contributed by atoms with Crippen LogP contribution in [0.3, 0.4) is 0 Å². The standard InChI is InChI=1S/C11H14O2S3/c1-3-15-11(14)16-10(12)8-4-6-9(13-2)7-5-8/h4-7,10,12H,3H2,1-2H3. The van der Waals surface area contributed by atoms with Crippen LogP contribution in [0.1, 0.15) is 17.9 Å². The third-order valence-electron chi connectivity index (χ3n) is 1.87. The first-order chi connectivity index (χ1) is 7.67. The number of hydrogen-bond donors (Lipinski definition) is 1. The van der Waals surface area contributed by atoms with Crippen molar-refractivity contribution < 1.29 is 9.84 Å². The first kappa shape index (κ1) is 13.8. The SMILES string of the molecule is CCSC(=S)SC(O)c1ccc(OC)cc1. The van der Waals surface area contributed by atoms with Gasteiger partial charge >= 0.3 is 0 Å². The van der Waals surface area contributed by atoms with E-state index in [1.165, 1.54) is 11.8 Å². The monoisotopic (exact) mass is 274 g/mol. The molecule has 0 aliphatic heterocycles. The maximum Gasteiger partial charge on any atom is 0.130 e. The lowest BCUT2D eigenvalue weighted by Crippen LogP contribution is -1.95. The minimum atomic E-state index is -0.600. The molecule has 0 spiro atoms. The molecule has 0 fully saturated rings. The van der Waals surface area contributed by atoms with Crippen LogP contribution in [0.2, 0.25) is 0 Å². The Morgan fingerprint density at radius 3 is 2.56 bits per heavy atom. The molecule has 1 aromatic rings. The van der Waals surface area contributed by atoms with Crippen LogP contribution >= 0.6 is 35.7 Å². The Morgan fingerprint density at radius 2 is 2.06 bits per heavy atom. The number of rotatable bonds is 4. The summed E-state index contributed by atoms with van der Waals surface area (Å²) < 4.78 is 5.82. The number of ether oxygens (including phenoxy) is 1. The normalized spacial score (nSPS) is 12.2. The Morgan fingerprint density at radius 1 is 1.44 bits per heavy atom. The zero-order valence-corrected chi connectivity index (χ0v) is 11.6. The van der Waals surface area contributed by atoms with Crippen molar-refractivity contribution in [2.75, 3.05) is 12.9 Å². The van der Waals surface area contributed by atoms with E-state index in [0.29, 0.717) is 0 Å². The highest BCUT2D eigenvalue weighted by atomic mass is 32.2. The predicted molar refractivity (Wildman–Crippen MR) is 76.3 cm³/mol. The highest BCUT2D eigenvalue weighted by Crippen LogP contribution is 2.31. The van der Waals surface area contributed by atoms with Gasteiger partial charge in [0.25, 0.3) is 0 Å². The Kier molecular flexibility index (Phi) is 6.20. The molecule has 0 radical (unpaired) electrons. The minimum absolute atomic E-state index is 0.600. The van der Waals surface area contributed by atoms with E-state index in [-0.39, 0.29) is 0 Å². The zero-order valence-electron chi connectivity index (χ0n) is 9.17. The number of thiocarbonyl (C=S) groups is 1. The van der Waals surface area contributed by atoms with Crippen molar-refractivity contribution in [2.24, 2.45) is 0 Å². The second kappa shape index (κ2) is 7.17. The summed E-state index contributed by atoms with van der Waals surface area (Å²) in [5.41, 5.74) is 0.238. The van der Waals surface area contributed by atoms with Crippen LogP contribution in [-0.4, -0.2) is 21.5 Å². The highest BCUT2D eigenvalue weighted by molar-refractivity contribution is 8.47. The Balaban J connectivity index is 2.58. The molecule has 1 aromatic carbocycles. The van der Waals surface area contributed by atoms with Crippen LogP contribution in [0, 0.1) is 0 Å². The van der Waals surface area contributed by atoms with E-state index in [4.69, 9.17) is 17.0 Å². The van der Waals surface area contributed by atoms with Gasteiger partial charge in [0.2, 0.25) is 0 Å². The molecular weight excluding hydrogens is 260 g/mol. The van der Waals surface area contributed by atoms with E-state index in [1.54, 1.807) is 18.9 Å². The van der Waals surface area contributed by atoms with Crippen LogP contribution in [0.25, 0.3) is 0 Å². The van der Waals surface area contributed by atoms with Crippen LogP contribution in [0.4, 0.5) is 0 Å². The first-order valence-electron chi connectivity index (χ1n) is 4.82. The van der Waals surface area contributed by atoms with E-state index in [0.717, 1.165) is 20.6 Å². The van der Waals surface area contributed by atoms with Gasteiger partial charge in [-0.3, -0.25) is 0 Å². The average Bonchev–Trinajstić information content (AvgIpc) is 2.29. The lowest BCUT2D eigenvalue weighted by atomic mass is 10.2. The molecule has 1 atom stereocenters. The summed E-state index contributed by atoms with van der Waals surface area (Å²) >= 11 is 7.99. The van der Waals surface area contributed by atoms with Gasteiger partial charge in [-0.05, 0) is 23.4 Å². The summed E-state index contributed by atoms with van der Waals surface area (Å²) in [4.78, 5) is 0. The molecule has 1 unspecified atom stereocenters. The topological polar surface area (TPSA) is 29.5 Å². The molecule has 88 valence electrons. The minimum Gasteiger partial charge on any atom is -0.497 e. The van der Waals surface area contributed by atoms with E-state index >= 15 is 0 Å². The fourth-order valence-electron chi connectivity index (χ4n) is 1.08. The number of benzene rings is 1. The molecule has 0 aromatic heterocycles. The number of aliphatic hydroxyl groups is 1. The number of methoxy groups -OCH3 is 1. The lowest BCUT2D eigenvalue weighted by Gasteiger charge is -2.11. The summed E-state index contributed by atoms with van der Waals surface area (Å²) in [6.45, 7) is 2.04. The number of hydrogen-bond acceptors (Lipinski definition) is 5. The van der Waals surface area contributed by atoms with Gasteiger partial charge in [0.1, 0.15) is 14.7 Å². The molecule has 1 rings (SSSR count). The summed E-state index contributed by atoms with van der Waals surface area (Å²) in [5.74, 6) is 1.72. The van der Waals surface area contributed by atoms with E-state index in [1.807, 2.05) is 31.2 Å². The molecule has 0 aliphatic carbocycles. The van der Waals surface area contributed by atoms with Gasteiger partial charge in [-0.1, -0.05) is 43.0 Å². The summed E-state index contributed by atoms with van der Waals surface area (Å²) in [6.07, 6.45) is 0. The van der Waals surface area contributed by atoms with Gasteiger partial charge in [-0.15, -0.1) is 11.8 Å². The van der Waals surface area contributed by atoms with Crippen molar-refractivity contribution in [1.29, 1.82) is 0 Å². The van der Waals surface area contributed by atoms with E-state index in [9.17, 15) is 5.11 Å². The maximum atomic E-state index is 9.90. The molecular formula is C11H14O2S3. The number of aliphatic hydroxyl groups excluding tert-OH is 1. The van der Waals surface area contributed by atoms with Gasteiger partial charge in [-0.25, -0.2) is 0 Å². The Bertz CT molecular complexity index is 338. The van der Waals surface area contributed by atoms with Crippen molar-refractivity contribution >= 4 is 39.3 Å². The van der Waals surface area contributed by atoms with Crippen molar-refractivity contribution in [3.63, 3.8) is 0 Å². The van der Waals surface area contributed by atoms with Crippen molar-refractivity contribution in [2.45, 2.75) is 12.4 Å². The molecule has 0 saturated carbocycles. The van der Waals surface area contributed by atoms with E-state index < -0.39 is 5.44 Å². The van der Waals surface area contributed by atoms with Gasteiger partial charge in [0.15, 0.2) is 0 Å². The first-order valence-corrected chi connectivity index (χ1v) is 7.10. The second-order valence-electron chi connectivity index (χ2n) is 2.93. The van der Waals surface area contributed by atoms with Crippen molar-refractivity contribution in [3.8, 4) is 5.75 Å². The maximum absolute atomic E-state index is 9.90. The lowest BCUT2D eigenvalue weighted by molar-refractivity contribution is 0.271. The molecule has 0 aliphatic rings.